The van der Waals surface area contributed by atoms with E-state index in [0.29, 0.717) is 47.3 Å². The minimum absolute atomic E-state index is 0.0695. The van der Waals surface area contributed by atoms with Crippen molar-refractivity contribution in [1.29, 1.82) is 0 Å². The molecule has 38 heavy (non-hydrogen) atoms. The molecular weight excluding hydrogens is 526 g/mol. The Kier molecular flexibility index (Phi) is 7.15. The SMILES string of the molecule is Cc1ccc(CS(=O)(=O)N2CCN(c3cnn(-c4cccc(Cl)c4)c(=O)c3OCC3(C)CC3)CC2)cc1N. The molecule has 9 nitrogen and oxygen atoms in total. The molecule has 0 unspecified atom stereocenters. The van der Waals surface area contributed by atoms with E-state index in [2.05, 4.69) is 12.0 Å². The lowest BCUT2D eigenvalue weighted by molar-refractivity contribution is 0.242. The maximum absolute atomic E-state index is 13.5. The molecule has 2 aromatic carbocycles. The standard InChI is InChI=1S/C27H32ClN5O4S/c1-19-6-7-20(14-23(19)29)17-38(35,36)32-12-10-31(11-13-32)24-16-30-33(22-5-3-4-21(28)15-22)26(34)25(24)37-18-27(2)8-9-27/h3-7,14-16H,8-13,17-18,29H2,1-2H3. The third-order valence-electron chi connectivity index (χ3n) is 7.30. The highest BCUT2D eigenvalue weighted by Crippen LogP contribution is 2.45. The summed E-state index contributed by atoms with van der Waals surface area (Å²) < 4.78 is 35.2. The highest BCUT2D eigenvalue weighted by atomic mass is 35.5. The van der Waals surface area contributed by atoms with E-state index in [1.54, 1.807) is 42.6 Å². The predicted octanol–water partition coefficient (Wildman–Crippen LogP) is 3.61. The second-order valence-corrected chi connectivity index (χ2v) is 12.9. The summed E-state index contributed by atoms with van der Waals surface area (Å²) in [5, 5.41) is 4.90. The van der Waals surface area contributed by atoms with Crippen molar-refractivity contribution in [3.05, 3.63) is 75.2 Å². The average molecular weight is 558 g/mol. The summed E-state index contributed by atoms with van der Waals surface area (Å²) in [4.78, 5) is 15.5. The molecule has 5 rings (SSSR count). The van der Waals surface area contributed by atoms with Crippen LogP contribution in [0.5, 0.6) is 5.75 Å². The van der Waals surface area contributed by atoms with Gasteiger partial charge < -0.3 is 15.4 Å². The quantitative estimate of drug-likeness (QED) is 0.421. The monoisotopic (exact) mass is 557 g/mol. The number of halogens is 1. The molecule has 0 spiro atoms. The van der Waals surface area contributed by atoms with Crippen LogP contribution in [0.2, 0.25) is 5.02 Å². The normalized spacial score (nSPS) is 17.4. The molecule has 1 saturated carbocycles. The molecule has 0 bridgehead atoms. The topological polar surface area (TPSA) is 111 Å². The van der Waals surface area contributed by atoms with Crippen molar-refractivity contribution in [2.45, 2.75) is 32.4 Å². The van der Waals surface area contributed by atoms with Crippen LogP contribution in [0.15, 0.2) is 53.5 Å². The van der Waals surface area contributed by atoms with Crippen molar-refractivity contribution in [3.8, 4) is 11.4 Å². The van der Waals surface area contributed by atoms with Gasteiger partial charge in [0.25, 0.3) is 0 Å². The lowest BCUT2D eigenvalue weighted by Gasteiger charge is -2.35. The maximum Gasteiger partial charge on any atom is 0.316 e. The first-order chi connectivity index (χ1) is 18.0. The molecule has 0 atom stereocenters. The van der Waals surface area contributed by atoms with Crippen molar-refractivity contribution in [3.63, 3.8) is 0 Å². The third-order valence-corrected chi connectivity index (χ3v) is 9.39. The zero-order valence-electron chi connectivity index (χ0n) is 21.6. The van der Waals surface area contributed by atoms with Gasteiger partial charge in [0, 0.05) is 42.3 Å². The number of aromatic nitrogens is 2. The summed E-state index contributed by atoms with van der Waals surface area (Å²) >= 11 is 6.14. The van der Waals surface area contributed by atoms with Crippen LogP contribution in [0.1, 0.15) is 30.9 Å². The Balaban J connectivity index is 1.36. The molecule has 0 radical (unpaired) electrons. The number of nitrogens with two attached hydrogens (primary N) is 1. The van der Waals surface area contributed by atoms with Crippen molar-refractivity contribution in [2.75, 3.05) is 43.4 Å². The van der Waals surface area contributed by atoms with E-state index in [0.717, 1.165) is 18.4 Å². The molecule has 2 fully saturated rings. The summed E-state index contributed by atoms with van der Waals surface area (Å²) in [5.41, 5.74) is 8.94. The first-order valence-corrected chi connectivity index (χ1v) is 14.6. The number of sulfonamides is 1. The lowest BCUT2D eigenvalue weighted by atomic mass is 10.1. The number of hydrogen-bond acceptors (Lipinski definition) is 7. The van der Waals surface area contributed by atoms with Crippen LogP contribution in [0.25, 0.3) is 5.69 Å². The Morgan fingerprint density at radius 1 is 1.11 bits per heavy atom. The third kappa shape index (κ3) is 5.67. The molecule has 202 valence electrons. The van der Waals surface area contributed by atoms with Crippen LogP contribution in [0, 0.1) is 12.3 Å². The molecule has 2 N–H and O–H groups in total. The van der Waals surface area contributed by atoms with Gasteiger partial charge in [-0.3, -0.25) is 4.79 Å². The van der Waals surface area contributed by atoms with E-state index < -0.39 is 10.0 Å². The largest absolute Gasteiger partial charge is 0.486 e. The Morgan fingerprint density at radius 3 is 2.50 bits per heavy atom. The predicted molar refractivity (Wildman–Crippen MR) is 150 cm³/mol. The van der Waals surface area contributed by atoms with Crippen molar-refractivity contribution < 1.29 is 13.2 Å². The van der Waals surface area contributed by atoms with Crippen LogP contribution in [0.3, 0.4) is 0 Å². The Labute approximate surface area is 227 Å². The number of benzene rings is 2. The number of nitrogen functional groups attached to an aromatic ring is 1. The number of ether oxygens (including phenoxy) is 1. The summed E-state index contributed by atoms with van der Waals surface area (Å²) in [7, 11) is -3.53. The molecule has 1 aliphatic heterocycles. The summed E-state index contributed by atoms with van der Waals surface area (Å²) in [6.45, 7) is 5.85. The molecule has 2 heterocycles. The van der Waals surface area contributed by atoms with Crippen LogP contribution in [0.4, 0.5) is 11.4 Å². The van der Waals surface area contributed by atoms with E-state index in [-0.39, 0.29) is 35.6 Å². The van der Waals surface area contributed by atoms with E-state index in [4.69, 9.17) is 22.1 Å². The van der Waals surface area contributed by atoms with E-state index in [1.807, 2.05) is 17.9 Å². The zero-order chi connectivity index (χ0) is 27.1. The Bertz CT molecular complexity index is 1510. The van der Waals surface area contributed by atoms with Gasteiger partial charge in [-0.1, -0.05) is 36.7 Å². The number of nitrogens with zero attached hydrogens (tertiary/aromatic N) is 4. The molecule has 2 aliphatic rings. The van der Waals surface area contributed by atoms with Gasteiger partial charge in [-0.2, -0.15) is 14.1 Å². The first kappa shape index (κ1) is 26.5. The molecule has 1 aliphatic carbocycles. The fraction of sp³-hybridized carbons (Fsp3) is 0.407. The smallest absolute Gasteiger partial charge is 0.316 e. The zero-order valence-corrected chi connectivity index (χ0v) is 23.1. The minimum Gasteiger partial charge on any atom is -0.486 e. The van der Waals surface area contributed by atoms with E-state index in [9.17, 15) is 13.2 Å². The van der Waals surface area contributed by atoms with Gasteiger partial charge in [-0.25, -0.2) is 8.42 Å². The van der Waals surface area contributed by atoms with Crippen molar-refractivity contribution in [1.82, 2.24) is 14.1 Å². The van der Waals surface area contributed by atoms with Gasteiger partial charge in [0.1, 0.15) is 5.69 Å². The molecule has 0 amide bonds. The fourth-order valence-electron chi connectivity index (χ4n) is 4.47. The van der Waals surface area contributed by atoms with E-state index >= 15 is 0 Å². The van der Waals surface area contributed by atoms with Crippen LogP contribution in [-0.4, -0.2) is 55.3 Å². The van der Waals surface area contributed by atoms with Gasteiger partial charge in [-0.05, 0) is 55.2 Å². The minimum atomic E-state index is -3.53. The highest BCUT2D eigenvalue weighted by Gasteiger charge is 2.39. The summed E-state index contributed by atoms with van der Waals surface area (Å²) in [6.07, 6.45) is 3.73. The van der Waals surface area contributed by atoms with Crippen LogP contribution >= 0.6 is 11.6 Å². The van der Waals surface area contributed by atoms with Crippen molar-refractivity contribution >= 4 is 33.0 Å². The van der Waals surface area contributed by atoms with Gasteiger partial charge >= 0.3 is 5.56 Å². The Morgan fingerprint density at radius 2 is 1.84 bits per heavy atom. The first-order valence-electron chi connectivity index (χ1n) is 12.6. The second kappa shape index (κ2) is 10.2. The highest BCUT2D eigenvalue weighted by molar-refractivity contribution is 7.88. The number of rotatable bonds is 8. The van der Waals surface area contributed by atoms with E-state index in [1.165, 1.54) is 8.99 Å². The van der Waals surface area contributed by atoms with Crippen LogP contribution in [-0.2, 0) is 15.8 Å². The van der Waals surface area contributed by atoms with Gasteiger partial charge in [-0.15, -0.1) is 0 Å². The van der Waals surface area contributed by atoms with Crippen molar-refractivity contribution in [2.24, 2.45) is 5.41 Å². The number of aryl methyl sites for hydroxylation is 1. The Hall–Kier alpha value is -3.08. The fourth-order valence-corrected chi connectivity index (χ4v) is 6.16. The van der Waals surface area contributed by atoms with Gasteiger partial charge in [0.05, 0.1) is 24.2 Å². The molecular formula is C27H32ClN5O4S. The van der Waals surface area contributed by atoms with Gasteiger partial charge in [0.15, 0.2) is 0 Å². The summed E-state index contributed by atoms with van der Waals surface area (Å²) in [5.74, 6) is 0.112. The molecule has 1 saturated heterocycles. The lowest BCUT2D eigenvalue weighted by Crippen LogP contribution is -2.49. The summed E-state index contributed by atoms with van der Waals surface area (Å²) in [6, 6.07) is 12.3. The molecule has 1 aromatic heterocycles. The maximum atomic E-state index is 13.5. The number of anilines is 2. The number of piperazine rings is 1. The van der Waals surface area contributed by atoms with Crippen LogP contribution < -0.4 is 20.9 Å². The number of hydrogen-bond donors (Lipinski definition) is 1. The van der Waals surface area contributed by atoms with Gasteiger partial charge in [0.2, 0.25) is 15.8 Å². The average Bonchev–Trinajstić information content (AvgIpc) is 3.62. The second-order valence-electron chi connectivity index (χ2n) is 10.5. The molecule has 3 aromatic rings. The molecule has 11 heteroatoms.